The molecule has 23 heavy (non-hydrogen) atoms. The maximum Gasteiger partial charge on any atom is 0.248 e. The molecule has 0 unspecified atom stereocenters. The van der Waals surface area contributed by atoms with Crippen molar-refractivity contribution in [2.24, 2.45) is 0 Å². The second-order valence-electron chi connectivity index (χ2n) is 5.85. The Kier molecular flexibility index (Phi) is 4.69. The molecule has 0 N–H and O–H groups in total. The lowest BCUT2D eigenvalue weighted by Gasteiger charge is -2.34. The van der Waals surface area contributed by atoms with Gasteiger partial charge in [0.15, 0.2) is 0 Å². The number of hydrogen-bond donors (Lipinski definition) is 0. The van der Waals surface area contributed by atoms with Gasteiger partial charge in [0.1, 0.15) is 0 Å². The second-order valence-corrected chi connectivity index (χ2v) is 8.11. The van der Waals surface area contributed by atoms with Gasteiger partial charge in [-0.15, -0.1) is 0 Å². The molecule has 1 aromatic rings. The number of rotatable bonds is 4. The summed E-state index contributed by atoms with van der Waals surface area (Å²) in [6.45, 7) is 3.35. The third kappa shape index (κ3) is 3.41. The van der Waals surface area contributed by atoms with E-state index in [0.717, 1.165) is 18.5 Å². The first-order valence-corrected chi connectivity index (χ1v) is 9.55. The highest BCUT2D eigenvalue weighted by Gasteiger charge is 2.34. The van der Waals surface area contributed by atoms with Crippen molar-refractivity contribution in [2.75, 3.05) is 25.4 Å². The summed E-state index contributed by atoms with van der Waals surface area (Å²) in [5, 5.41) is 5.67. The van der Waals surface area contributed by atoms with E-state index in [-0.39, 0.29) is 30.7 Å². The van der Waals surface area contributed by atoms with Gasteiger partial charge in [0.05, 0.1) is 37.1 Å². The van der Waals surface area contributed by atoms with Crippen LogP contribution in [-0.2, 0) is 26.2 Å². The fraction of sp³-hybridized carbons (Fsp3) is 0.714. The molecule has 0 aromatic carbocycles. The maximum atomic E-state index is 12.4. The first-order valence-electron chi connectivity index (χ1n) is 7.94. The van der Waals surface area contributed by atoms with Gasteiger partial charge < -0.3 is 0 Å². The Balaban J connectivity index is 1.76. The third-order valence-corrected chi connectivity index (χ3v) is 6.09. The molecular weight excluding hydrogens is 320 g/mol. The molecule has 1 fully saturated rings. The molecule has 2 aliphatic rings. The number of fused-ring (bicyclic) bond motifs is 1. The minimum absolute atomic E-state index is 0.0526. The van der Waals surface area contributed by atoms with Gasteiger partial charge in [-0.05, 0) is 25.8 Å². The molecule has 9 heteroatoms. The van der Waals surface area contributed by atoms with Crippen molar-refractivity contribution >= 4 is 15.9 Å². The van der Waals surface area contributed by atoms with E-state index in [4.69, 9.17) is 4.84 Å². The lowest BCUT2D eigenvalue weighted by Crippen LogP contribution is -2.44. The SMILES string of the molecule is CCS(=O)(=O)N1Cc2ccnn2[C@H](CC(=O)N2CCCCO2)C1. The molecule has 0 spiro atoms. The van der Waals surface area contributed by atoms with Gasteiger partial charge in [-0.2, -0.15) is 9.40 Å². The van der Waals surface area contributed by atoms with Crippen molar-refractivity contribution in [3.63, 3.8) is 0 Å². The average Bonchev–Trinajstić information content (AvgIpc) is 3.04. The molecule has 1 amide bonds. The van der Waals surface area contributed by atoms with E-state index < -0.39 is 10.0 Å². The Labute approximate surface area is 136 Å². The van der Waals surface area contributed by atoms with Crippen LogP contribution in [0.4, 0.5) is 0 Å². The quantitative estimate of drug-likeness (QED) is 0.797. The van der Waals surface area contributed by atoms with Crippen LogP contribution in [0.5, 0.6) is 0 Å². The standard InChI is InChI=1S/C14H22N4O4S/c1-2-23(20,21)16-10-12-5-6-15-18(12)13(11-16)9-14(19)17-7-3-4-8-22-17/h5-6,13H,2-4,7-11H2,1H3/t13-/m1/s1. The van der Waals surface area contributed by atoms with Crippen LogP contribution in [0.3, 0.4) is 0 Å². The summed E-state index contributed by atoms with van der Waals surface area (Å²) < 4.78 is 27.6. The fourth-order valence-electron chi connectivity index (χ4n) is 3.00. The van der Waals surface area contributed by atoms with Crippen LogP contribution >= 0.6 is 0 Å². The Morgan fingerprint density at radius 2 is 2.26 bits per heavy atom. The van der Waals surface area contributed by atoms with E-state index in [1.807, 2.05) is 0 Å². The maximum absolute atomic E-state index is 12.4. The van der Waals surface area contributed by atoms with E-state index >= 15 is 0 Å². The van der Waals surface area contributed by atoms with Gasteiger partial charge in [0.25, 0.3) is 0 Å². The number of aromatic nitrogens is 2. The Morgan fingerprint density at radius 1 is 1.43 bits per heavy atom. The van der Waals surface area contributed by atoms with Crippen LogP contribution in [0.15, 0.2) is 12.3 Å². The van der Waals surface area contributed by atoms with Crippen molar-refractivity contribution in [3.8, 4) is 0 Å². The molecular formula is C14H22N4O4S. The number of hydrogen-bond acceptors (Lipinski definition) is 5. The molecule has 0 aliphatic carbocycles. The summed E-state index contributed by atoms with van der Waals surface area (Å²) >= 11 is 0. The summed E-state index contributed by atoms with van der Waals surface area (Å²) in [7, 11) is -3.30. The zero-order chi connectivity index (χ0) is 16.4. The molecule has 3 heterocycles. The third-order valence-electron chi connectivity index (χ3n) is 4.30. The minimum atomic E-state index is -3.30. The number of carbonyl (C=O) groups is 1. The molecule has 8 nitrogen and oxygen atoms in total. The van der Waals surface area contributed by atoms with Crippen molar-refractivity contribution < 1.29 is 18.0 Å². The van der Waals surface area contributed by atoms with E-state index in [0.29, 0.717) is 19.7 Å². The van der Waals surface area contributed by atoms with E-state index in [1.54, 1.807) is 23.9 Å². The molecule has 2 aliphatic heterocycles. The number of carbonyl (C=O) groups excluding carboxylic acids is 1. The van der Waals surface area contributed by atoms with Crippen LogP contribution in [0.1, 0.15) is 37.9 Å². The highest BCUT2D eigenvalue weighted by atomic mass is 32.2. The van der Waals surface area contributed by atoms with Gasteiger partial charge in [0.2, 0.25) is 15.9 Å². The summed E-state index contributed by atoms with van der Waals surface area (Å²) in [6.07, 6.45) is 3.72. The van der Waals surface area contributed by atoms with Crippen LogP contribution in [0.2, 0.25) is 0 Å². The highest BCUT2D eigenvalue weighted by Crippen LogP contribution is 2.26. The summed E-state index contributed by atoms with van der Waals surface area (Å²) in [5.74, 6) is -0.0660. The topological polar surface area (TPSA) is 84.7 Å². The summed E-state index contributed by atoms with van der Waals surface area (Å²) in [6, 6.07) is 1.50. The minimum Gasteiger partial charge on any atom is -0.273 e. The molecule has 1 saturated heterocycles. The fourth-order valence-corrected chi connectivity index (χ4v) is 4.09. The molecule has 0 bridgehead atoms. The van der Waals surface area contributed by atoms with Crippen molar-refractivity contribution in [1.82, 2.24) is 19.1 Å². The first-order chi connectivity index (χ1) is 11.0. The Morgan fingerprint density at radius 3 is 2.96 bits per heavy atom. The van der Waals surface area contributed by atoms with Gasteiger partial charge in [-0.1, -0.05) is 0 Å². The van der Waals surface area contributed by atoms with Gasteiger partial charge >= 0.3 is 0 Å². The number of nitrogens with zero attached hydrogens (tertiary/aromatic N) is 4. The summed E-state index contributed by atoms with van der Waals surface area (Å²) in [4.78, 5) is 17.8. The average molecular weight is 342 g/mol. The van der Waals surface area contributed by atoms with Crippen LogP contribution in [-0.4, -0.2) is 58.9 Å². The lowest BCUT2D eigenvalue weighted by atomic mass is 10.1. The molecule has 1 atom stereocenters. The highest BCUT2D eigenvalue weighted by molar-refractivity contribution is 7.89. The van der Waals surface area contributed by atoms with Gasteiger partial charge in [-0.25, -0.2) is 13.5 Å². The zero-order valence-corrected chi connectivity index (χ0v) is 14.0. The second kappa shape index (κ2) is 6.58. The summed E-state index contributed by atoms with van der Waals surface area (Å²) in [5.41, 5.74) is 0.811. The monoisotopic (exact) mass is 342 g/mol. The van der Waals surface area contributed by atoms with Crippen LogP contribution in [0.25, 0.3) is 0 Å². The van der Waals surface area contributed by atoms with Crippen molar-refractivity contribution in [2.45, 2.75) is 38.8 Å². The first kappa shape index (κ1) is 16.4. The number of sulfonamides is 1. The van der Waals surface area contributed by atoms with Crippen molar-refractivity contribution in [3.05, 3.63) is 18.0 Å². The predicted molar refractivity (Wildman–Crippen MR) is 82.7 cm³/mol. The largest absolute Gasteiger partial charge is 0.273 e. The smallest absolute Gasteiger partial charge is 0.248 e. The number of hydroxylamine groups is 2. The Hall–Kier alpha value is -1.45. The van der Waals surface area contributed by atoms with E-state index in [9.17, 15) is 13.2 Å². The molecule has 0 radical (unpaired) electrons. The molecule has 0 saturated carbocycles. The number of amides is 1. The van der Waals surface area contributed by atoms with Crippen molar-refractivity contribution in [1.29, 1.82) is 0 Å². The van der Waals surface area contributed by atoms with Gasteiger partial charge in [-0.3, -0.25) is 14.3 Å². The molecule has 3 rings (SSSR count). The lowest BCUT2D eigenvalue weighted by molar-refractivity contribution is -0.198. The normalized spacial score (nSPS) is 22.8. The predicted octanol–water partition coefficient (Wildman–Crippen LogP) is 0.534. The Bertz CT molecular complexity index is 666. The molecule has 128 valence electrons. The zero-order valence-electron chi connectivity index (χ0n) is 13.2. The van der Waals surface area contributed by atoms with E-state index in [1.165, 1.54) is 9.37 Å². The van der Waals surface area contributed by atoms with Crippen LogP contribution in [0, 0.1) is 0 Å². The van der Waals surface area contributed by atoms with Crippen LogP contribution < -0.4 is 0 Å². The van der Waals surface area contributed by atoms with Gasteiger partial charge in [0, 0.05) is 19.3 Å². The molecule has 1 aromatic heterocycles. The van der Waals surface area contributed by atoms with E-state index in [2.05, 4.69) is 5.10 Å².